The third-order valence-corrected chi connectivity index (χ3v) is 2.69. The van der Waals surface area contributed by atoms with Crippen LogP contribution in [0.1, 0.15) is 12.6 Å². The minimum atomic E-state index is -0.270. The van der Waals surface area contributed by atoms with Gasteiger partial charge in [0.2, 0.25) is 0 Å². The maximum absolute atomic E-state index is 11.2. The van der Waals surface area contributed by atoms with Crippen LogP contribution in [0.15, 0.2) is 36.0 Å². The first-order chi connectivity index (χ1) is 8.63. The van der Waals surface area contributed by atoms with Gasteiger partial charge >= 0.3 is 5.97 Å². The van der Waals surface area contributed by atoms with E-state index in [1.165, 1.54) is 7.11 Å². The summed E-state index contributed by atoms with van der Waals surface area (Å²) in [5, 5.41) is 0. The Morgan fingerprint density at radius 1 is 1.50 bits per heavy atom. The summed E-state index contributed by atoms with van der Waals surface area (Å²) >= 11 is 0. The highest BCUT2D eigenvalue weighted by Gasteiger charge is 2.03. The van der Waals surface area contributed by atoms with Crippen LogP contribution < -0.4 is 0 Å². The second kappa shape index (κ2) is 7.61. The number of pyridine rings is 1. The monoisotopic (exact) mass is 248 g/mol. The van der Waals surface area contributed by atoms with Crippen LogP contribution in [-0.2, 0) is 16.0 Å². The number of carbonyl (C=O) groups is 1. The summed E-state index contributed by atoms with van der Waals surface area (Å²) in [5.74, 6) is -0.270. The number of carbonyl (C=O) groups excluding carboxylic acids is 1. The fourth-order valence-corrected chi connectivity index (χ4v) is 1.48. The quantitative estimate of drug-likeness (QED) is 0.567. The van der Waals surface area contributed by atoms with Gasteiger partial charge in [-0.15, -0.1) is 0 Å². The van der Waals surface area contributed by atoms with Crippen molar-refractivity contribution in [3.05, 3.63) is 41.7 Å². The molecule has 0 amide bonds. The number of rotatable bonds is 6. The van der Waals surface area contributed by atoms with Crippen LogP contribution in [0.3, 0.4) is 0 Å². The smallest absolute Gasteiger partial charge is 0.333 e. The second-order valence-electron chi connectivity index (χ2n) is 4.21. The molecule has 0 radical (unpaired) electrons. The zero-order valence-corrected chi connectivity index (χ0v) is 11.2. The summed E-state index contributed by atoms with van der Waals surface area (Å²) in [5.41, 5.74) is 1.72. The average molecular weight is 248 g/mol. The molecule has 0 unspecified atom stereocenters. The molecule has 4 heteroatoms. The Bertz CT molecular complexity index is 402. The Balaban J connectivity index is 2.34. The highest BCUT2D eigenvalue weighted by Crippen LogP contribution is 1.99. The first-order valence-corrected chi connectivity index (χ1v) is 5.97. The Morgan fingerprint density at radius 2 is 2.28 bits per heavy atom. The van der Waals surface area contributed by atoms with Crippen molar-refractivity contribution in [1.82, 2.24) is 9.88 Å². The molecule has 0 atom stereocenters. The van der Waals surface area contributed by atoms with Gasteiger partial charge in [-0.2, -0.15) is 0 Å². The maximum Gasteiger partial charge on any atom is 0.333 e. The first kappa shape index (κ1) is 14.4. The van der Waals surface area contributed by atoms with Crippen molar-refractivity contribution in [2.45, 2.75) is 13.3 Å². The van der Waals surface area contributed by atoms with Crippen molar-refractivity contribution in [2.75, 3.05) is 27.2 Å². The van der Waals surface area contributed by atoms with Gasteiger partial charge in [0.25, 0.3) is 0 Å². The van der Waals surface area contributed by atoms with Crippen molar-refractivity contribution in [3.8, 4) is 0 Å². The van der Waals surface area contributed by atoms with Crippen LogP contribution in [0.25, 0.3) is 0 Å². The molecule has 0 N–H and O–H groups in total. The van der Waals surface area contributed by atoms with E-state index in [4.69, 9.17) is 0 Å². The van der Waals surface area contributed by atoms with Crippen LogP contribution in [0.4, 0.5) is 0 Å². The largest absolute Gasteiger partial charge is 0.466 e. The second-order valence-corrected chi connectivity index (χ2v) is 4.21. The molecule has 0 spiro atoms. The molecular formula is C14H20N2O2. The van der Waals surface area contributed by atoms with Gasteiger partial charge in [0.15, 0.2) is 0 Å². The number of esters is 1. The Morgan fingerprint density at radius 3 is 2.89 bits per heavy atom. The molecule has 18 heavy (non-hydrogen) atoms. The van der Waals surface area contributed by atoms with E-state index in [1.54, 1.807) is 13.1 Å². The Hall–Kier alpha value is -1.68. The highest BCUT2D eigenvalue weighted by atomic mass is 16.5. The van der Waals surface area contributed by atoms with Gasteiger partial charge in [-0.1, -0.05) is 12.1 Å². The molecule has 0 fully saturated rings. The Kier molecular flexibility index (Phi) is 6.08. The third-order valence-electron chi connectivity index (χ3n) is 2.69. The fourth-order valence-electron chi connectivity index (χ4n) is 1.48. The number of likely N-dealkylation sites (N-methyl/N-ethyl adjacent to an activating group) is 1. The van der Waals surface area contributed by atoms with E-state index < -0.39 is 0 Å². The molecule has 98 valence electrons. The van der Waals surface area contributed by atoms with Gasteiger partial charge in [-0.05, 0) is 26.1 Å². The summed E-state index contributed by atoms with van der Waals surface area (Å²) in [6.07, 6.45) is 4.59. The van der Waals surface area contributed by atoms with Crippen LogP contribution >= 0.6 is 0 Å². The lowest BCUT2D eigenvalue weighted by Gasteiger charge is -2.14. The molecule has 1 rings (SSSR count). The van der Waals surface area contributed by atoms with E-state index in [2.05, 4.69) is 14.6 Å². The molecule has 0 aliphatic heterocycles. The van der Waals surface area contributed by atoms with E-state index in [-0.39, 0.29) is 5.97 Å². The van der Waals surface area contributed by atoms with Crippen LogP contribution in [0.2, 0.25) is 0 Å². The minimum absolute atomic E-state index is 0.270. The Labute approximate surface area is 108 Å². The number of hydrogen-bond donors (Lipinski definition) is 0. The van der Waals surface area contributed by atoms with Gasteiger partial charge in [-0.25, -0.2) is 4.79 Å². The summed E-state index contributed by atoms with van der Waals surface area (Å²) in [6.45, 7) is 3.40. The lowest BCUT2D eigenvalue weighted by atomic mass is 10.2. The molecule has 0 aliphatic rings. The summed E-state index contributed by atoms with van der Waals surface area (Å²) in [7, 11) is 3.41. The minimum Gasteiger partial charge on any atom is -0.466 e. The highest BCUT2D eigenvalue weighted by molar-refractivity contribution is 5.87. The van der Waals surface area contributed by atoms with Gasteiger partial charge in [-0.3, -0.25) is 4.98 Å². The fraction of sp³-hybridized carbons (Fsp3) is 0.429. The van der Waals surface area contributed by atoms with E-state index in [9.17, 15) is 4.79 Å². The molecule has 0 aliphatic carbocycles. The standard InChI is InChI=1S/C14H20N2O2/c1-12(14(17)18-3)7-10-16(2)11-8-13-6-4-5-9-15-13/h4-7,9H,8,10-11H2,1-3H3. The van der Waals surface area contributed by atoms with E-state index in [1.807, 2.05) is 31.3 Å². The number of nitrogens with zero attached hydrogens (tertiary/aromatic N) is 2. The SMILES string of the molecule is COC(=O)C(C)=CCN(C)CCc1ccccn1. The lowest BCUT2D eigenvalue weighted by molar-refractivity contribution is -0.136. The molecule has 1 heterocycles. The van der Waals surface area contributed by atoms with E-state index in [0.717, 1.165) is 25.2 Å². The predicted octanol–water partition coefficient (Wildman–Crippen LogP) is 1.68. The topological polar surface area (TPSA) is 42.4 Å². The molecule has 0 saturated carbocycles. The van der Waals surface area contributed by atoms with Gasteiger partial charge in [0.05, 0.1) is 7.11 Å². The van der Waals surface area contributed by atoms with E-state index in [0.29, 0.717) is 5.57 Å². The van der Waals surface area contributed by atoms with Crippen molar-refractivity contribution >= 4 is 5.97 Å². The van der Waals surface area contributed by atoms with Crippen molar-refractivity contribution in [1.29, 1.82) is 0 Å². The van der Waals surface area contributed by atoms with Crippen LogP contribution in [0, 0.1) is 0 Å². The van der Waals surface area contributed by atoms with Crippen LogP contribution in [-0.4, -0.2) is 43.1 Å². The molecule has 1 aromatic heterocycles. The normalized spacial score (nSPS) is 11.7. The molecule has 4 nitrogen and oxygen atoms in total. The number of ether oxygens (including phenoxy) is 1. The van der Waals surface area contributed by atoms with Gasteiger partial charge < -0.3 is 9.64 Å². The van der Waals surface area contributed by atoms with E-state index >= 15 is 0 Å². The van der Waals surface area contributed by atoms with Crippen molar-refractivity contribution in [2.24, 2.45) is 0 Å². The molecular weight excluding hydrogens is 228 g/mol. The molecule has 0 saturated heterocycles. The zero-order chi connectivity index (χ0) is 13.4. The third kappa shape index (κ3) is 5.10. The number of hydrogen-bond acceptors (Lipinski definition) is 4. The maximum atomic E-state index is 11.2. The van der Waals surface area contributed by atoms with Crippen molar-refractivity contribution < 1.29 is 9.53 Å². The van der Waals surface area contributed by atoms with Gasteiger partial charge in [0, 0.05) is 37.0 Å². The summed E-state index contributed by atoms with van der Waals surface area (Å²) in [4.78, 5) is 17.6. The zero-order valence-electron chi connectivity index (χ0n) is 11.2. The lowest BCUT2D eigenvalue weighted by Crippen LogP contribution is -2.22. The molecule has 0 bridgehead atoms. The van der Waals surface area contributed by atoms with Crippen molar-refractivity contribution in [3.63, 3.8) is 0 Å². The van der Waals surface area contributed by atoms with Gasteiger partial charge in [0.1, 0.15) is 0 Å². The number of aromatic nitrogens is 1. The summed E-state index contributed by atoms with van der Waals surface area (Å²) in [6, 6.07) is 5.92. The first-order valence-electron chi connectivity index (χ1n) is 5.97. The van der Waals surface area contributed by atoms with Crippen LogP contribution in [0.5, 0.6) is 0 Å². The average Bonchev–Trinajstić information content (AvgIpc) is 2.42. The number of methoxy groups -OCH3 is 1. The molecule has 0 aromatic carbocycles. The molecule has 1 aromatic rings. The summed E-state index contributed by atoms with van der Waals surface area (Å²) < 4.78 is 4.64. The predicted molar refractivity (Wildman–Crippen MR) is 71.2 cm³/mol.